The molecule has 1 heterocycles. The van der Waals surface area contributed by atoms with E-state index in [1.54, 1.807) is 6.07 Å². The van der Waals surface area contributed by atoms with E-state index in [9.17, 15) is 8.78 Å². The summed E-state index contributed by atoms with van der Waals surface area (Å²) < 4.78 is 37.7. The lowest BCUT2D eigenvalue weighted by atomic mass is 10.0. The summed E-state index contributed by atoms with van der Waals surface area (Å²) >= 11 is 0. The molecule has 0 aliphatic rings. The third-order valence-electron chi connectivity index (χ3n) is 2.93. The molecule has 1 aromatic carbocycles. The number of methoxy groups -OCH3 is 2. The average molecular weight is 283 g/mol. The number of nitrogens with zero attached hydrogens (tertiary/aromatic N) is 1. The van der Waals surface area contributed by atoms with Crippen LogP contribution >= 0.6 is 0 Å². The number of H-pyrrole nitrogens is 1. The van der Waals surface area contributed by atoms with Crippen molar-refractivity contribution >= 4 is 5.82 Å². The van der Waals surface area contributed by atoms with Gasteiger partial charge in [0.2, 0.25) is 0 Å². The summed E-state index contributed by atoms with van der Waals surface area (Å²) in [6, 6.07) is 2.90. The lowest BCUT2D eigenvalue weighted by molar-refractivity contribution is 0.0148. The van der Waals surface area contributed by atoms with Crippen molar-refractivity contribution in [2.75, 3.05) is 20.0 Å². The molecule has 0 radical (unpaired) electrons. The molecule has 108 valence electrons. The highest BCUT2D eigenvalue weighted by Crippen LogP contribution is 2.43. The van der Waals surface area contributed by atoms with Gasteiger partial charge in [0.1, 0.15) is 5.82 Å². The monoisotopic (exact) mass is 283 g/mol. The van der Waals surface area contributed by atoms with E-state index in [4.69, 9.17) is 15.2 Å². The summed E-state index contributed by atoms with van der Waals surface area (Å²) in [4.78, 5) is 0. The summed E-state index contributed by atoms with van der Waals surface area (Å²) in [6.45, 7) is 0.798. The van der Waals surface area contributed by atoms with Crippen LogP contribution in [0.25, 0.3) is 11.1 Å². The first kappa shape index (κ1) is 14.1. The van der Waals surface area contributed by atoms with Gasteiger partial charge in [0.15, 0.2) is 11.5 Å². The number of anilines is 1. The minimum Gasteiger partial charge on any atom is -0.493 e. The van der Waals surface area contributed by atoms with E-state index in [1.807, 2.05) is 0 Å². The van der Waals surface area contributed by atoms with Gasteiger partial charge in [0, 0.05) is 12.5 Å². The molecule has 0 spiro atoms. The van der Waals surface area contributed by atoms with Crippen molar-refractivity contribution in [3.05, 3.63) is 23.9 Å². The van der Waals surface area contributed by atoms with Crippen LogP contribution in [0.5, 0.6) is 11.5 Å². The molecule has 7 heteroatoms. The molecule has 0 bridgehead atoms. The lowest BCUT2D eigenvalue weighted by Crippen LogP contribution is -2.10. The van der Waals surface area contributed by atoms with Crippen LogP contribution in [0, 0.1) is 0 Å². The Morgan fingerprint density at radius 1 is 1.25 bits per heavy atom. The standard InChI is InChI=1S/C13H15F2N3O2/c1-13(14,15)9-4-7(8-6-17-18-12(8)16)5-10(19-2)11(9)20-3/h4-6H,1-3H3,(H3,16,17,18). The smallest absolute Gasteiger partial charge is 0.274 e. The Morgan fingerprint density at radius 3 is 2.40 bits per heavy atom. The molecule has 0 unspecified atom stereocenters. The molecule has 0 fully saturated rings. The molecule has 0 aliphatic heterocycles. The Morgan fingerprint density at radius 2 is 1.95 bits per heavy atom. The highest BCUT2D eigenvalue weighted by Gasteiger charge is 2.31. The van der Waals surface area contributed by atoms with Gasteiger partial charge < -0.3 is 15.2 Å². The molecule has 0 amide bonds. The first-order chi connectivity index (χ1) is 9.38. The highest BCUT2D eigenvalue weighted by molar-refractivity contribution is 5.76. The van der Waals surface area contributed by atoms with E-state index in [-0.39, 0.29) is 17.1 Å². The summed E-state index contributed by atoms with van der Waals surface area (Å²) in [5.41, 5.74) is 6.45. The van der Waals surface area contributed by atoms with Crippen molar-refractivity contribution in [3.8, 4) is 22.6 Å². The molecule has 0 aliphatic carbocycles. The molecule has 2 rings (SSSR count). The number of aromatic nitrogens is 2. The number of benzene rings is 1. The van der Waals surface area contributed by atoms with Crippen LogP contribution in [0.15, 0.2) is 18.3 Å². The second-order valence-electron chi connectivity index (χ2n) is 4.35. The van der Waals surface area contributed by atoms with Gasteiger partial charge in [-0.25, -0.2) is 8.78 Å². The van der Waals surface area contributed by atoms with Crippen molar-refractivity contribution in [2.45, 2.75) is 12.8 Å². The SMILES string of the molecule is COc1cc(-c2cn[nH]c2N)cc(C(C)(F)F)c1OC. The number of ether oxygens (including phenoxy) is 2. The van der Waals surface area contributed by atoms with Gasteiger partial charge in [-0.15, -0.1) is 0 Å². The van der Waals surface area contributed by atoms with E-state index in [0.717, 1.165) is 6.92 Å². The summed E-state index contributed by atoms with van der Waals surface area (Å²) in [5, 5.41) is 6.34. The maximum absolute atomic E-state index is 13.8. The highest BCUT2D eigenvalue weighted by atomic mass is 19.3. The van der Waals surface area contributed by atoms with Gasteiger partial charge in [-0.2, -0.15) is 5.10 Å². The molecular formula is C13H15F2N3O2. The molecule has 2 aromatic rings. The number of alkyl halides is 2. The molecule has 20 heavy (non-hydrogen) atoms. The largest absolute Gasteiger partial charge is 0.493 e. The van der Waals surface area contributed by atoms with Crippen molar-refractivity contribution in [1.29, 1.82) is 0 Å². The minimum atomic E-state index is -3.08. The Hall–Kier alpha value is -2.31. The van der Waals surface area contributed by atoms with Crippen molar-refractivity contribution in [3.63, 3.8) is 0 Å². The molecule has 0 atom stereocenters. The zero-order chi connectivity index (χ0) is 14.9. The second kappa shape index (κ2) is 4.99. The second-order valence-corrected chi connectivity index (χ2v) is 4.35. The zero-order valence-electron chi connectivity index (χ0n) is 11.3. The third kappa shape index (κ3) is 2.38. The average Bonchev–Trinajstić information content (AvgIpc) is 2.82. The third-order valence-corrected chi connectivity index (χ3v) is 2.93. The van der Waals surface area contributed by atoms with Crippen LogP contribution in [-0.4, -0.2) is 24.4 Å². The molecule has 0 saturated carbocycles. The summed E-state index contributed by atoms with van der Waals surface area (Å²) in [7, 11) is 2.71. The molecule has 1 aromatic heterocycles. The van der Waals surface area contributed by atoms with Gasteiger partial charge in [-0.05, 0) is 17.7 Å². The number of aromatic amines is 1. The number of nitrogens with one attached hydrogen (secondary N) is 1. The number of hydrogen-bond donors (Lipinski definition) is 2. The van der Waals surface area contributed by atoms with E-state index in [2.05, 4.69) is 10.2 Å². The number of nitrogen functional groups attached to an aromatic ring is 1. The fourth-order valence-corrected chi connectivity index (χ4v) is 1.97. The van der Waals surface area contributed by atoms with E-state index >= 15 is 0 Å². The lowest BCUT2D eigenvalue weighted by Gasteiger charge is -2.19. The molecular weight excluding hydrogens is 268 g/mol. The Bertz CT molecular complexity index is 621. The van der Waals surface area contributed by atoms with Gasteiger partial charge in [0.05, 0.1) is 26.0 Å². The quantitative estimate of drug-likeness (QED) is 0.905. The van der Waals surface area contributed by atoms with Crippen LogP contribution in [0.4, 0.5) is 14.6 Å². The van der Waals surface area contributed by atoms with Crippen molar-refractivity contribution < 1.29 is 18.3 Å². The van der Waals surface area contributed by atoms with Crippen LogP contribution < -0.4 is 15.2 Å². The van der Waals surface area contributed by atoms with Crippen LogP contribution in [0.1, 0.15) is 12.5 Å². The van der Waals surface area contributed by atoms with Crippen LogP contribution in [0.2, 0.25) is 0 Å². The normalized spacial score (nSPS) is 11.4. The minimum absolute atomic E-state index is 0.00539. The number of hydrogen-bond acceptors (Lipinski definition) is 4. The predicted octanol–water partition coefficient (Wildman–Crippen LogP) is 2.79. The van der Waals surface area contributed by atoms with E-state index < -0.39 is 5.92 Å². The first-order valence-corrected chi connectivity index (χ1v) is 5.82. The molecule has 3 N–H and O–H groups in total. The maximum Gasteiger partial charge on any atom is 0.274 e. The Kier molecular flexibility index (Phi) is 3.52. The summed E-state index contributed by atoms with van der Waals surface area (Å²) in [6.07, 6.45) is 1.47. The van der Waals surface area contributed by atoms with Crippen LogP contribution in [0.3, 0.4) is 0 Å². The fourth-order valence-electron chi connectivity index (χ4n) is 1.97. The topological polar surface area (TPSA) is 73.2 Å². The Balaban J connectivity index is 2.71. The fraction of sp³-hybridized carbons (Fsp3) is 0.308. The van der Waals surface area contributed by atoms with Crippen LogP contribution in [-0.2, 0) is 5.92 Å². The van der Waals surface area contributed by atoms with Gasteiger partial charge in [-0.1, -0.05) is 0 Å². The number of rotatable bonds is 4. The first-order valence-electron chi connectivity index (χ1n) is 5.82. The maximum atomic E-state index is 13.8. The van der Waals surface area contributed by atoms with E-state index in [0.29, 0.717) is 16.9 Å². The molecule has 5 nitrogen and oxygen atoms in total. The number of halogens is 2. The van der Waals surface area contributed by atoms with Crippen molar-refractivity contribution in [2.24, 2.45) is 0 Å². The van der Waals surface area contributed by atoms with Gasteiger partial charge in [-0.3, -0.25) is 5.10 Å². The summed E-state index contributed by atoms with van der Waals surface area (Å²) in [5.74, 6) is -2.57. The Labute approximate surface area is 114 Å². The number of nitrogens with two attached hydrogens (primary N) is 1. The zero-order valence-corrected chi connectivity index (χ0v) is 11.3. The van der Waals surface area contributed by atoms with Gasteiger partial charge >= 0.3 is 0 Å². The predicted molar refractivity (Wildman–Crippen MR) is 71.1 cm³/mol. The molecule has 0 saturated heterocycles. The van der Waals surface area contributed by atoms with Crippen molar-refractivity contribution in [1.82, 2.24) is 10.2 Å². The van der Waals surface area contributed by atoms with Gasteiger partial charge in [0.25, 0.3) is 5.92 Å². The van der Waals surface area contributed by atoms with E-state index in [1.165, 1.54) is 26.5 Å².